The number of carbonyl (C=O) groups is 2. The molecule has 0 radical (unpaired) electrons. The van der Waals surface area contributed by atoms with Crippen molar-refractivity contribution in [3.05, 3.63) is 23.7 Å². The number of carboxylic acid groups (broad SMARTS) is 1. The number of piperidine rings is 1. The normalized spacial score (nSPS) is 19.0. The highest BCUT2D eigenvalue weighted by Gasteiger charge is 2.25. The third-order valence-corrected chi connectivity index (χ3v) is 3.80. The number of nitrogens with one attached hydrogen (secondary N) is 1. The van der Waals surface area contributed by atoms with Crippen molar-refractivity contribution >= 4 is 11.9 Å². The molecule has 0 saturated carbocycles. The van der Waals surface area contributed by atoms with E-state index in [1.807, 2.05) is 0 Å². The van der Waals surface area contributed by atoms with Gasteiger partial charge in [0.15, 0.2) is 0 Å². The van der Waals surface area contributed by atoms with E-state index in [0.29, 0.717) is 12.4 Å². The first-order chi connectivity index (χ1) is 10.6. The number of likely N-dealkylation sites (tertiary alicyclic amines) is 1. The van der Waals surface area contributed by atoms with Crippen LogP contribution in [0.5, 0.6) is 0 Å². The maximum Gasteiger partial charge on any atom is 0.371 e. The minimum Gasteiger partial charge on any atom is -0.475 e. The van der Waals surface area contributed by atoms with E-state index in [9.17, 15) is 9.59 Å². The van der Waals surface area contributed by atoms with Crippen molar-refractivity contribution in [1.82, 2.24) is 10.2 Å². The molecule has 1 aromatic heterocycles. The molecule has 1 fully saturated rings. The van der Waals surface area contributed by atoms with Gasteiger partial charge in [0.05, 0.1) is 19.1 Å². The van der Waals surface area contributed by atoms with Crippen molar-refractivity contribution in [2.45, 2.75) is 19.4 Å². The number of amides is 1. The van der Waals surface area contributed by atoms with E-state index < -0.39 is 5.97 Å². The molecule has 1 unspecified atom stereocenters. The van der Waals surface area contributed by atoms with Crippen LogP contribution in [0, 0.1) is 5.92 Å². The summed E-state index contributed by atoms with van der Waals surface area (Å²) in [6, 6.07) is 2.95. The number of carboxylic acids is 1. The maximum atomic E-state index is 12.2. The molecule has 0 aliphatic carbocycles. The van der Waals surface area contributed by atoms with Gasteiger partial charge in [-0.3, -0.25) is 4.79 Å². The molecule has 122 valence electrons. The molecule has 1 aliphatic rings. The van der Waals surface area contributed by atoms with Gasteiger partial charge in [-0.1, -0.05) is 0 Å². The Labute approximate surface area is 129 Å². The number of nitrogens with zero attached hydrogens (tertiary/aromatic N) is 1. The molecule has 0 spiro atoms. The molecule has 2 rings (SSSR count). The van der Waals surface area contributed by atoms with Crippen molar-refractivity contribution in [2.24, 2.45) is 5.92 Å². The van der Waals surface area contributed by atoms with Crippen LogP contribution in [0.15, 0.2) is 16.5 Å². The molecule has 7 heteroatoms. The van der Waals surface area contributed by atoms with E-state index in [1.165, 1.54) is 6.07 Å². The lowest BCUT2D eigenvalue weighted by molar-refractivity contribution is -0.127. The van der Waals surface area contributed by atoms with Crippen LogP contribution < -0.4 is 5.32 Å². The summed E-state index contributed by atoms with van der Waals surface area (Å²) < 4.78 is 10.2. The SMILES string of the molecule is COCCN1CCCC(C(=O)NCc2ccc(C(=O)O)o2)C1. The summed E-state index contributed by atoms with van der Waals surface area (Å²) in [6.45, 7) is 3.43. The van der Waals surface area contributed by atoms with E-state index in [-0.39, 0.29) is 24.1 Å². The Balaban J connectivity index is 1.79. The molecule has 1 aromatic rings. The van der Waals surface area contributed by atoms with Crippen LogP contribution in [-0.2, 0) is 16.1 Å². The molecule has 1 atom stereocenters. The summed E-state index contributed by atoms with van der Waals surface area (Å²) >= 11 is 0. The van der Waals surface area contributed by atoms with Gasteiger partial charge in [-0.25, -0.2) is 4.79 Å². The molecule has 0 aromatic carbocycles. The average molecular weight is 310 g/mol. The molecule has 22 heavy (non-hydrogen) atoms. The summed E-state index contributed by atoms with van der Waals surface area (Å²) in [5.74, 6) is -0.848. The summed E-state index contributed by atoms with van der Waals surface area (Å²) in [4.78, 5) is 25.2. The third-order valence-electron chi connectivity index (χ3n) is 3.80. The van der Waals surface area contributed by atoms with Crippen molar-refractivity contribution in [3.63, 3.8) is 0 Å². The minimum atomic E-state index is -1.11. The van der Waals surface area contributed by atoms with Gasteiger partial charge >= 0.3 is 5.97 Å². The highest BCUT2D eigenvalue weighted by Crippen LogP contribution is 2.17. The third kappa shape index (κ3) is 4.57. The number of furan rings is 1. The van der Waals surface area contributed by atoms with Crippen LogP contribution in [0.4, 0.5) is 0 Å². The second-order valence-corrected chi connectivity index (χ2v) is 5.42. The Morgan fingerprint density at radius 2 is 2.32 bits per heavy atom. The summed E-state index contributed by atoms with van der Waals surface area (Å²) in [7, 11) is 1.67. The van der Waals surface area contributed by atoms with Gasteiger partial charge in [0.2, 0.25) is 11.7 Å². The summed E-state index contributed by atoms with van der Waals surface area (Å²) in [5, 5.41) is 11.6. The van der Waals surface area contributed by atoms with Crippen LogP contribution in [0.25, 0.3) is 0 Å². The van der Waals surface area contributed by atoms with Crippen LogP contribution in [0.2, 0.25) is 0 Å². The zero-order chi connectivity index (χ0) is 15.9. The molecular weight excluding hydrogens is 288 g/mol. The number of hydrogen-bond donors (Lipinski definition) is 2. The molecule has 1 aliphatic heterocycles. The van der Waals surface area contributed by atoms with Crippen molar-refractivity contribution in [2.75, 3.05) is 33.4 Å². The monoisotopic (exact) mass is 310 g/mol. The van der Waals surface area contributed by atoms with E-state index in [2.05, 4.69) is 10.2 Å². The minimum absolute atomic E-state index is 0.0182. The largest absolute Gasteiger partial charge is 0.475 e. The second-order valence-electron chi connectivity index (χ2n) is 5.42. The van der Waals surface area contributed by atoms with Crippen LogP contribution in [0.1, 0.15) is 29.2 Å². The number of aromatic carboxylic acids is 1. The van der Waals surface area contributed by atoms with Crippen molar-refractivity contribution in [3.8, 4) is 0 Å². The Bertz CT molecular complexity index is 514. The van der Waals surface area contributed by atoms with Crippen molar-refractivity contribution in [1.29, 1.82) is 0 Å². The standard InChI is InChI=1S/C15H22N2O5/c1-21-8-7-17-6-2-3-11(10-17)14(18)16-9-12-4-5-13(22-12)15(19)20/h4-5,11H,2-3,6-10H2,1H3,(H,16,18)(H,19,20). The predicted molar refractivity (Wildman–Crippen MR) is 78.6 cm³/mol. The lowest BCUT2D eigenvalue weighted by atomic mass is 9.97. The smallest absolute Gasteiger partial charge is 0.371 e. The number of ether oxygens (including phenoxy) is 1. The molecule has 0 bridgehead atoms. The van der Waals surface area contributed by atoms with Gasteiger partial charge < -0.3 is 24.5 Å². The highest BCUT2D eigenvalue weighted by atomic mass is 16.5. The lowest BCUT2D eigenvalue weighted by Gasteiger charge is -2.31. The molecule has 2 N–H and O–H groups in total. The quantitative estimate of drug-likeness (QED) is 0.779. The van der Waals surface area contributed by atoms with Crippen LogP contribution >= 0.6 is 0 Å². The lowest BCUT2D eigenvalue weighted by Crippen LogP contribution is -2.43. The average Bonchev–Trinajstić information content (AvgIpc) is 3.00. The van der Waals surface area contributed by atoms with E-state index in [1.54, 1.807) is 13.2 Å². The molecular formula is C15H22N2O5. The Hall–Kier alpha value is -1.86. The van der Waals surface area contributed by atoms with Gasteiger partial charge in [0.1, 0.15) is 5.76 Å². The summed E-state index contributed by atoms with van der Waals surface area (Å²) in [6.07, 6.45) is 1.86. The van der Waals surface area contributed by atoms with Crippen LogP contribution in [-0.4, -0.2) is 55.2 Å². The number of carbonyl (C=O) groups excluding carboxylic acids is 1. The number of hydrogen-bond acceptors (Lipinski definition) is 5. The number of methoxy groups -OCH3 is 1. The molecule has 1 saturated heterocycles. The predicted octanol–water partition coefficient (Wildman–Crippen LogP) is 0.952. The van der Waals surface area contributed by atoms with Gasteiger partial charge in [-0.05, 0) is 31.5 Å². The highest BCUT2D eigenvalue weighted by molar-refractivity contribution is 5.84. The zero-order valence-electron chi connectivity index (χ0n) is 12.7. The summed E-state index contributed by atoms with van der Waals surface area (Å²) in [5.41, 5.74) is 0. The fraction of sp³-hybridized carbons (Fsp3) is 0.600. The zero-order valence-corrected chi connectivity index (χ0v) is 12.7. The molecule has 1 amide bonds. The van der Waals surface area contributed by atoms with E-state index >= 15 is 0 Å². The number of rotatable bonds is 7. The second kappa shape index (κ2) is 7.95. The first-order valence-corrected chi connectivity index (χ1v) is 7.41. The Kier molecular flexibility index (Phi) is 5.97. The van der Waals surface area contributed by atoms with Crippen molar-refractivity contribution < 1.29 is 23.8 Å². The molecule has 2 heterocycles. The van der Waals surface area contributed by atoms with Crippen LogP contribution in [0.3, 0.4) is 0 Å². The molecule has 7 nitrogen and oxygen atoms in total. The Morgan fingerprint density at radius 3 is 3.00 bits per heavy atom. The van der Waals surface area contributed by atoms with E-state index in [0.717, 1.165) is 32.5 Å². The first kappa shape index (κ1) is 16.5. The van der Waals surface area contributed by atoms with Gasteiger partial charge in [-0.2, -0.15) is 0 Å². The van der Waals surface area contributed by atoms with Gasteiger partial charge in [0.25, 0.3) is 0 Å². The van der Waals surface area contributed by atoms with Gasteiger partial charge in [0, 0.05) is 20.2 Å². The fourth-order valence-electron chi connectivity index (χ4n) is 2.60. The Morgan fingerprint density at radius 1 is 1.50 bits per heavy atom. The first-order valence-electron chi connectivity index (χ1n) is 7.41. The van der Waals surface area contributed by atoms with E-state index in [4.69, 9.17) is 14.3 Å². The topological polar surface area (TPSA) is 92.0 Å². The fourth-order valence-corrected chi connectivity index (χ4v) is 2.60. The van der Waals surface area contributed by atoms with Gasteiger partial charge in [-0.15, -0.1) is 0 Å². The maximum absolute atomic E-state index is 12.2.